The SMILES string of the molecule is C=C1CSC(C(C(=O)O)[N+](=O)CNC(=O)c2cc3cc(Cl)c(O)cc3oc2=O)N=C1C(=O)O. The molecule has 1 aliphatic rings. The van der Waals surface area contributed by atoms with Crippen molar-refractivity contribution in [3.8, 4) is 5.75 Å². The highest BCUT2D eigenvalue weighted by atomic mass is 35.5. The molecule has 33 heavy (non-hydrogen) atoms. The van der Waals surface area contributed by atoms with Crippen LogP contribution in [0.15, 0.2) is 44.6 Å². The van der Waals surface area contributed by atoms with Crippen LogP contribution in [-0.4, -0.2) is 67.5 Å². The Balaban J connectivity index is 1.79. The van der Waals surface area contributed by atoms with Gasteiger partial charge < -0.3 is 19.7 Å². The number of carbonyl (C=O) groups is 3. The van der Waals surface area contributed by atoms with Crippen LogP contribution >= 0.6 is 23.4 Å². The molecule has 2 atom stereocenters. The second kappa shape index (κ2) is 9.42. The third-order valence-corrected chi connectivity index (χ3v) is 6.02. The Morgan fingerprint density at radius 1 is 1.33 bits per heavy atom. The molecule has 2 heterocycles. The number of nitrogens with one attached hydrogen (secondary N) is 1. The highest BCUT2D eigenvalue weighted by Crippen LogP contribution is 2.29. The van der Waals surface area contributed by atoms with Gasteiger partial charge in [-0.3, -0.25) is 15.1 Å². The third kappa shape index (κ3) is 5.04. The first-order valence-corrected chi connectivity index (χ1v) is 10.4. The Hall–Kier alpha value is -3.71. The summed E-state index contributed by atoms with van der Waals surface area (Å²) < 4.78 is 4.98. The molecule has 172 valence electrons. The minimum Gasteiger partial charge on any atom is -0.506 e. The van der Waals surface area contributed by atoms with Crippen molar-refractivity contribution in [1.29, 1.82) is 0 Å². The van der Waals surface area contributed by atoms with Crippen LogP contribution in [0.1, 0.15) is 10.4 Å². The minimum atomic E-state index is -1.83. The largest absolute Gasteiger partial charge is 0.506 e. The molecule has 0 aliphatic carbocycles. The average molecular weight is 497 g/mol. The van der Waals surface area contributed by atoms with Gasteiger partial charge in [-0.1, -0.05) is 18.2 Å². The van der Waals surface area contributed by atoms with E-state index < -0.39 is 52.8 Å². The summed E-state index contributed by atoms with van der Waals surface area (Å²) in [4.78, 5) is 63.8. The van der Waals surface area contributed by atoms with Gasteiger partial charge in [-0.2, -0.15) is 0 Å². The maximum absolute atomic E-state index is 12.5. The number of aromatic hydroxyl groups is 1. The van der Waals surface area contributed by atoms with Crippen molar-refractivity contribution in [2.45, 2.75) is 11.4 Å². The van der Waals surface area contributed by atoms with Crippen LogP contribution in [-0.2, 0) is 9.59 Å². The monoisotopic (exact) mass is 496 g/mol. The molecular formula is C19H15ClN3O9S+. The van der Waals surface area contributed by atoms with Gasteiger partial charge in [0, 0.05) is 26.9 Å². The molecule has 3 rings (SSSR count). The number of aliphatic imine (C=N–C) groups is 1. The predicted molar refractivity (Wildman–Crippen MR) is 117 cm³/mol. The molecular weight excluding hydrogens is 482 g/mol. The van der Waals surface area contributed by atoms with Gasteiger partial charge in [-0.05, 0) is 17.7 Å². The van der Waals surface area contributed by atoms with Crippen LogP contribution < -0.4 is 10.9 Å². The summed E-state index contributed by atoms with van der Waals surface area (Å²) in [6.45, 7) is 2.70. The summed E-state index contributed by atoms with van der Waals surface area (Å²) in [5.41, 5.74) is -1.83. The van der Waals surface area contributed by atoms with Gasteiger partial charge in [0.2, 0.25) is 0 Å². The number of phenols is 1. The number of carbonyl (C=O) groups excluding carboxylic acids is 1. The molecule has 0 saturated carbocycles. The molecule has 0 radical (unpaired) electrons. The first-order valence-electron chi connectivity index (χ1n) is 9.01. The van der Waals surface area contributed by atoms with E-state index in [2.05, 4.69) is 16.9 Å². The number of carboxylic acids is 2. The smallest absolute Gasteiger partial charge is 0.380 e. The zero-order valence-electron chi connectivity index (χ0n) is 16.5. The Labute approximate surface area is 193 Å². The number of carboxylic acid groups (broad SMARTS) is 2. The number of nitrogens with zero attached hydrogens (tertiary/aromatic N) is 2. The summed E-state index contributed by atoms with van der Waals surface area (Å²) in [6.07, 6.45) is 0. The van der Waals surface area contributed by atoms with Gasteiger partial charge >= 0.3 is 23.6 Å². The number of hydrogen-bond donors (Lipinski definition) is 4. The summed E-state index contributed by atoms with van der Waals surface area (Å²) in [5, 5.41) is 29.3. The van der Waals surface area contributed by atoms with Crippen LogP contribution in [0.2, 0.25) is 5.02 Å². The summed E-state index contributed by atoms with van der Waals surface area (Å²) >= 11 is 6.72. The molecule has 2 unspecified atom stereocenters. The van der Waals surface area contributed by atoms with Gasteiger partial charge in [0.1, 0.15) is 22.6 Å². The van der Waals surface area contributed by atoms with E-state index >= 15 is 0 Å². The van der Waals surface area contributed by atoms with Crippen LogP contribution in [0.3, 0.4) is 0 Å². The van der Waals surface area contributed by atoms with Crippen molar-refractivity contribution in [2.24, 2.45) is 4.99 Å². The number of nitroso groups, excluding NO2 is 1. The molecule has 14 heteroatoms. The molecule has 0 fully saturated rings. The van der Waals surface area contributed by atoms with Crippen molar-refractivity contribution in [1.82, 2.24) is 5.32 Å². The van der Waals surface area contributed by atoms with Crippen LogP contribution in [0, 0.1) is 4.91 Å². The van der Waals surface area contributed by atoms with Crippen molar-refractivity contribution in [3.05, 3.63) is 56.3 Å². The van der Waals surface area contributed by atoms with Gasteiger partial charge in [0.25, 0.3) is 12.6 Å². The maximum atomic E-state index is 12.5. The lowest BCUT2D eigenvalue weighted by atomic mass is 10.1. The third-order valence-electron chi connectivity index (χ3n) is 4.50. The van der Waals surface area contributed by atoms with Crippen molar-refractivity contribution in [3.63, 3.8) is 0 Å². The molecule has 0 saturated heterocycles. The molecule has 1 aromatic heterocycles. The molecule has 2 aromatic rings. The number of thioether (sulfide) groups is 1. The number of hydrogen-bond acceptors (Lipinski definition) is 9. The highest BCUT2D eigenvalue weighted by molar-refractivity contribution is 8.00. The predicted octanol–water partition coefficient (Wildman–Crippen LogP) is 1.23. The van der Waals surface area contributed by atoms with Gasteiger partial charge in [0.15, 0.2) is 5.37 Å². The van der Waals surface area contributed by atoms with Crippen molar-refractivity contribution < 1.29 is 38.9 Å². The molecule has 0 bridgehead atoms. The molecule has 1 aliphatic heterocycles. The minimum absolute atomic E-state index is 0.00647. The standard InChI is InChI=1S/C19H14ClN3O9S/c1-7-5-33-16(22-13(7)17(26)27)14(18(28)29)23(31)6-21-15(25)9-2-8-3-10(20)11(24)4-12(8)32-19(9)30/h2-4,14,16H,1,5-6H2,(H3-,21,24,25,26,27,28,29,30)/p+1. The van der Waals surface area contributed by atoms with E-state index in [9.17, 15) is 34.3 Å². The zero-order chi connectivity index (χ0) is 24.4. The lowest BCUT2D eigenvalue weighted by Gasteiger charge is -2.20. The van der Waals surface area contributed by atoms with Gasteiger partial charge in [-0.25, -0.2) is 14.4 Å². The van der Waals surface area contributed by atoms with Crippen LogP contribution in [0.5, 0.6) is 5.75 Å². The average Bonchev–Trinajstić information content (AvgIpc) is 2.73. The van der Waals surface area contributed by atoms with Crippen LogP contribution in [0.4, 0.5) is 0 Å². The van der Waals surface area contributed by atoms with E-state index in [1.54, 1.807) is 0 Å². The number of rotatable bonds is 7. The summed E-state index contributed by atoms with van der Waals surface area (Å²) in [6, 6.07) is 1.67. The summed E-state index contributed by atoms with van der Waals surface area (Å²) in [5.74, 6) is -4.30. The number of benzene rings is 1. The molecule has 4 N–H and O–H groups in total. The second-order valence-corrected chi connectivity index (χ2v) is 8.25. The van der Waals surface area contributed by atoms with Gasteiger partial charge in [-0.15, -0.1) is 11.8 Å². The number of halogens is 1. The highest BCUT2D eigenvalue weighted by Gasteiger charge is 2.44. The first kappa shape index (κ1) is 23.9. The fourth-order valence-electron chi connectivity index (χ4n) is 2.90. The first-order chi connectivity index (χ1) is 15.5. The van der Waals surface area contributed by atoms with E-state index in [-0.39, 0.29) is 37.8 Å². The van der Waals surface area contributed by atoms with E-state index in [4.69, 9.17) is 21.1 Å². The summed E-state index contributed by atoms with van der Waals surface area (Å²) in [7, 11) is 0. The quantitative estimate of drug-likeness (QED) is 0.246. The molecule has 1 aromatic carbocycles. The fourth-order valence-corrected chi connectivity index (χ4v) is 4.19. The Kier molecular flexibility index (Phi) is 6.84. The van der Waals surface area contributed by atoms with Crippen molar-refractivity contribution >= 4 is 57.9 Å². The molecule has 12 nitrogen and oxygen atoms in total. The number of phenolic OH excluding ortho intramolecular Hbond substituents is 1. The topological polar surface area (TPSA) is 187 Å². The van der Waals surface area contributed by atoms with E-state index in [1.807, 2.05) is 0 Å². The Bertz CT molecular complexity index is 1300. The normalized spacial score (nSPS) is 16.7. The van der Waals surface area contributed by atoms with E-state index in [1.165, 1.54) is 6.07 Å². The van der Waals surface area contributed by atoms with Crippen molar-refractivity contribution in [2.75, 3.05) is 12.4 Å². The number of aliphatic carboxylic acids is 2. The lowest BCUT2D eigenvalue weighted by molar-refractivity contribution is -0.576. The second-order valence-electron chi connectivity index (χ2n) is 6.74. The lowest BCUT2D eigenvalue weighted by Crippen LogP contribution is -2.47. The van der Waals surface area contributed by atoms with E-state index in [0.717, 1.165) is 23.9 Å². The maximum Gasteiger partial charge on any atom is 0.380 e. The number of fused-ring (bicyclic) bond motifs is 1. The Morgan fingerprint density at radius 3 is 2.67 bits per heavy atom. The zero-order valence-corrected chi connectivity index (χ0v) is 18.1. The van der Waals surface area contributed by atoms with Gasteiger partial charge in [0.05, 0.1) is 5.02 Å². The van der Waals surface area contributed by atoms with Crippen LogP contribution in [0.25, 0.3) is 11.0 Å². The Morgan fingerprint density at radius 2 is 2.03 bits per heavy atom. The molecule has 0 spiro atoms. The fraction of sp³-hybridized carbons (Fsp3) is 0.211. The number of amides is 1. The molecule has 1 amide bonds. The van der Waals surface area contributed by atoms with E-state index in [0.29, 0.717) is 0 Å².